The van der Waals surface area contributed by atoms with E-state index in [1.807, 2.05) is 45.0 Å². The predicted molar refractivity (Wildman–Crippen MR) is 71.8 cm³/mol. The van der Waals surface area contributed by atoms with Crippen molar-refractivity contribution >= 4 is 17.4 Å². The highest BCUT2D eigenvalue weighted by atomic mass is 16.2. The summed E-state index contributed by atoms with van der Waals surface area (Å²) < 4.78 is 0. The monoisotopic (exact) mass is 245 g/mol. The first-order valence-electron chi connectivity index (χ1n) is 6.35. The SMILES string of the molecule is CC(C)(C)C(=O)c1ccc(N2CCCC2=O)cc1. The maximum absolute atomic E-state index is 12.1. The molecule has 1 aliphatic heterocycles. The van der Waals surface area contributed by atoms with Gasteiger partial charge in [0.25, 0.3) is 0 Å². The fourth-order valence-corrected chi connectivity index (χ4v) is 2.15. The number of carbonyl (C=O) groups excluding carboxylic acids is 2. The fourth-order valence-electron chi connectivity index (χ4n) is 2.15. The fraction of sp³-hybridized carbons (Fsp3) is 0.467. The largest absolute Gasteiger partial charge is 0.312 e. The summed E-state index contributed by atoms with van der Waals surface area (Å²) in [6.07, 6.45) is 1.55. The number of hydrogen-bond donors (Lipinski definition) is 0. The first-order valence-corrected chi connectivity index (χ1v) is 6.35. The zero-order valence-corrected chi connectivity index (χ0v) is 11.2. The van der Waals surface area contributed by atoms with Gasteiger partial charge >= 0.3 is 0 Å². The molecule has 0 saturated carbocycles. The Labute approximate surface area is 108 Å². The molecule has 0 atom stereocenters. The number of hydrogen-bond acceptors (Lipinski definition) is 2. The molecule has 3 heteroatoms. The van der Waals surface area contributed by atoms with Crippen LogP contribution in [-0.4, -0.2) is 18.2 Å². The van der Waals surface area contributed by atoms with E-state index >= 15 is 0 Å². The number of anilines is 1. The average Bonchev–Trinajstić information content (AvgIpc) is 2.73. The van der Waals surface area contributed by atoms with Gasteiger partial charge in [-0.05, 0) is 30.7 Å². The highest BCUT2D eigenvalue weighted by Gasteiger charge is 2.24. The molecule has 0 unspecified atom stereocenters. The molecule has 0 aromatic heterocycles. The summed E-state index contributed by atoms with van der Waals surface area (Å²) in [5, 5.41) is 0. The zero-order chi connectivity index (χ0) is 13.3. The van der Waals surface area contributed by atoms with Gasteiger partial charge in [0.1, 0.15) is 0 Å². The van der Waals surface area contributed by atoms with Gasteiger partial charge in [0.2, 0.25) is 5.91 Å². The Bertz CT molecular complexity index is 468. The third-order valence-electron chi connectivity index (χ3n) is 3.20. The van der Waals surface area contributed by atoms with Crippen LogP contribution in [0.1, 0.15) is 44.0 Å². The van der Waals surface area contributed by atoms with Crippen molar-refractivity contribution < 1.29 is 9.59 Å². The van der Waals surface area contributed by atoms with E-state index in [-0.39, 0.29) is 17.1 Å². The number of ketones is 1. The Morgan fingerprint density at radius 3 is 2.22 bits per heavy atom. The van der Waals surface area contributed by atoms with Crippen molar-refractivity contribution in [3.63, 3.8) is 0 Å². The third kappa shape index (κ3) is 2.45. The summed E-state index contributed by atoms with van der Waals surface area (Å²) in [5.74, 6) is 0.298. The molecule has 1 saturated heterocycles. The molecule has 96 valence electrons. The smallest absolute Gasteiger partial charge is 0.227 e. The minimum absolute atomic E-state index is 0.127. The molecule has 0 aliphatic carbocycles. The molecule has 1 aliphatic rings. The topological polar surface area (TPSA) is 37.4 Å². The second-order valence-electron chi connectivity index (χ2n) is 5.77. The van der Waals surface area contributed by atoms with Gasteiger partial charge in [-0.25, -0.2) is 0 Å². The molecule has 0 spiro atoms. The summed E-state index contributed by atoms with van der Waals surface area (Å²) in [6, 6.07) is 7.35. The highest BCUT2D eigenvalue weighted by Crippen LogP contribution is 2.25. The van der Waals surface area contributed by atoms with Gasteiger partial charge in [-0.2, -0.15) is 0 Å². The molecule has 1 aromatic carbocycles. The molecule has 2 rings (SSSR count). The molecule has 1 heterocycles. The first-order chi connectivity index (χ1) is 8.39. The van der Waals surface area contributed by atoms with Crippen LogP contribution >= 0.6 is 0 Å². The highest BCUT2D eigenvalue weighted by molar-refractivity contribution is 6.01. The van der Waals surface area contributed by atoms with Crippen molar-refractivity contribution in [1.29, 1.82) is 0 Å². The first kappa shape index (κ1) is 12.8. The number of Topliss-reactive ketones (excluding diaryl/α,β-unsaturated/α-hetero) is 1. The van der Waals surface area contributed by atoms with Crippen LogP contribution in [-0.2, 0) is 4.79 Å². The van der Waals surface area contributed by atoms with E-state index in [2.05, 4.69) is 0 Å². The maximum Gasteiger partial charge on any atom is 0.227 e. The molecule has 0 bridgehead atoms. The summed E-state index contributed by atoms with van der Waals surface area (Å²) in [4.78, 5) is 25.5. The van der Waals surface area contributed by atoms with Gasteiger partial charge in [-0.3, -0.25) is 9.59 Å². The quantitative estimate of drug-likeness (QED) is 0.751. The number of amides is 1. The normalized spacial score (nSPS) is 16.2. The second kappa shape index (κ2) is 4.56. The van der Waals surface area contributed by atoms with Crippen LogP contribution in [0.15, 0.2) is 24.3 Å². The van der Waals surface area contributed by atoms with E-state index in [1.54, 1.807) is 4.90 Å². The molecule has 1 aromatic rings. The van der Waals surface area contributed by atoms with Gasteiger partial charge < -0.3 is 4.90 Å². The Morgan fingerprint density at radius 2 is 1.78 bits per heavy atom. The van der Waals surface area contributed by atoms with Crippen molar-refractivity contribution in [3.05, 3.63) is 29.8 Å². The van der Waals surface area contributed by atoms with E-state index in [0.29, 0.717) is 12.0 Å². The standard InChI is InChI=1S/C15H19NO2/c1-15(2,3)14(18)11-6-8-12(9-7-11)16-10-4-5-13(16)17/h6-9H,4-5,10H2,1-3H3. The van der Waals surface area contributed by atoms with E-state index < -0.39 is 0 Å². The third-order valence-corrected chi connectivity index (χ3v) is 3.20. The van der Waals surface area contributed by atoms with Gasteiger partial charge in [0.15, 0.2) is 5.78 Å². The van der Waals surface area contributed by atoms with Gasteiger partial charge in [-0.1, -0.05) is 20.8 Å². The molecule has 0 N–H and O–H groups in total. The molecule has 0 radical (unpaired) electrons. The van der Waals surface area contributed by atoms with Crippen LogP contribution < -0.4 is 4.90 Å². The summed E-state index contributed by atoms with van der Waals surface area (Å²) >= 11 is 0. The van der Waals surface area contributed by atoms with E-state index in [9.17, 15) is 9.59 Å². The van der Waals surface area contributed by atoms with Crippen molar-refractivity contribution in [2.45, 2.75) is 33.6 Å². The van der Waals surface area contributed by atoms with Crippen LogP contribution in [0.3, 0.4) is 0 Å². The van der Waals surface area contributed by atoms with Crippen molar-refractivity contribution in [1.82, 2.24) is 0 Å². The molecular formula is C15H19NO2. The van der Waals surface area contributed by atoms with Crippen molar-refractivity contribution in [3.8, 4) is 0 Å². The van der Waals surface area contributed by atoms with Gasteiger partial charge in [0.05, 0.1) is 0 Å². The molecule has 1 amide bonds. The van der Waals surface area contributed by atoms with Crippen LogP contribution in [0, 0.1) is 5.41 Å². The summed E-state index contributed by atoms with van der Waals surface area (Å²) in [7, 11) is 0. The Kier molecular flexibility index (Phi) is 3.24. The molecule has 1 fully saturated rings. The Hall–Kier alpha value is -1.64. The zero-order valence-electron chi connectivity index (χ0n) is 11.2. The maximum atomic E-state index is 12.1. The lowest BCUT2D eigenvalue weighted by Crippen LogP contribution is -2.24. The second-order valence-corrected chi connectivity index (χ2v) is 5.77. The molecule has 3 nitrogen and oxygen atoms in total. The van der Waals surface area contributed by atoms with E-state index in [4.69, 9.17) is 0 Å². The molecule has 18 heavy (non-hydrogen) atoms. The summed E-state index contributed by atoms with van der Waals surface area (Å²) in [6.45, 7) is 6.51. The minimum atomic E-state index is -0.370. The van der Waals surface area contributed by atoms with Crippen LogP contribution in [0.2, 0.25) is 0 Å². The number of rotatable bonds is 2. The van der Waals surface area contributed by atoms with Crippen LogP contribution in [0.25, 0.3) is 0 Å². The predicted octanol–water partition coefficient (Wildman–Crippen LogP) is 3.04. The van der Waals surface area contributed by atoms with Gasteiger partial charge in [-0.15, -0.1) is 0 Å². The Balaban J connectivity index is 2.20. The lowest BCUT2D eigenvalue weighted by molar-refractivity contribution is -0.117. The van der Waals surface area contributed by atoms with Crippen LogP contribution in [0.5, 0.6) is 0 Å². The van der Waals surface area contributed by atoms with E-state index in [1.165, 1.54) is 0 Å². The van der Waals surface area contributed by atoms with Crippen molar-refractivity contribution in [2.24, 2.45) is 5.41 Å². The van der Waals surface area contributed by atoms with E-state index in [0.717, 1.165) is 18.7 Å². The number of benzene rings is 1. The molecular weight excluding hydrogens is 226 g/mol. The number of nitrogens with zero attached hydrogens (tertiary/aromatic N) is 1. The minimum Gasteiger partial charge on any atom is -0.312 e. The number of carbonyl (C=O) groups is 2. The van der Waals surface area contributed by atoms with Crippen LogP contribution in [0.4, 0.5) is 5.69 Å². The average molecular weight is 245 g/mol. The van der Waals surface area contributed by atoms with Crippen molar-refractivity contribution in [2.75, 3.05) is 11.4 Å². The lowest BCUT2D eigenvalue weighted by Gasteiger charge is -2.19. The Morgan fingerprint density at radius 1 is 1.17 bits per heavy atom. The summed E-state index contributed by atoms with van der Waals surface area (Å²) in [5.41, 5.74) is 1.23. The lowest BCUT2D eigenvalue weighted by atomic mass is 9.86. The van der Waals surface area contributed by atoms with Gasteiger partial charge in [0, 0.05) is 29.6 Å².